The molecule has 0 radical (unpaired) electrons. The third kappa shape index (κ3) is 4.69. The van der Waals surface area contributed by atoms with Gasteiger partial charge in [0.1, 0.15) is 0 Å². The maximum absolute atomic E-state index is 12.8. The van der Waals surface area contributed by atoms with Crippen molar-refractivity contribution in [1.82, 2.24) is 5.06 Å². The van der Waals surface area contributed by atoms with Gasteiger partial charge >= 0.3 is 11.7 Å². The van der Waals surface area contributed by atoms with E-state index in [4.69, 9.17) is 0 Å². The van der Waals surface area contributed by atoms with E-state index in [2.05, 4.69) is 12.6 Å². The molecule has 1 heterocycles. The van der Waals surface area contributed by atoms with Gasteiger partial charge in [-0.2, -0.15) is 25.3 Å². The van der Waals surface area contributed by atoms with E-state index in [1.54, 1.807) is 0 Å². The molecule has 27 heavy (non-hydrogen) atoms. The summed E-state index contributed by atoms with van der Waals surface area (Å²) in [5, 5.41) is -0.339. The monoisotopic (exact) mass is 443 g/mol. The average molecular weight is 443 g/mol. The summed E-state index contributed by atoms with van der Waals surface area (Å²) in [7, 11) is -13.6. The Bertz CT molecular complexity index is 1080. The first kappa shape index (κ1) is 21.4. The molecule has 0 bridgehead atoms. The van der Waals surface area contributed by atoms with Crippen LogP contribution in [0.15, 0.2) is 24.3 Å². The van der Waals surface area contributed by atoms with E-state index in [1.165, 1.54) is 12.1 Å². The summed E-state index contributed by atoms with van der Waals surface area (Å²) in [5.74, 6) is -6.37. The predicted molar refractivity (Wildman–Crippen MR) is 87.1 cm³/mol. The zero-order chi connectivity index (χ0) is 20.8. The molecule has 2 rings (SSSR count). The van der Waals surface area contributed by atoms with Crippen LogP contribution in [0.2, 0.25) is 0 Å². The number of imide groups is 1. The molecule has 0 atom stereocenters. The summed E-state index contributed by atoms with van der Waals surface area (Å²) in [4.78, 5) is 25.2. The highest BCUT2D eigenvalue weighted by Crippen LogP contribution is 2.39. The molecule has 0 saturated carbocycles. The Morgan fingerprint density at radius 1 is 0.815 bits per heavy atom. The van der Waals surface area contributed by atoms with Crippen molar-refractivity contribution in [3.63, 3.8) is 0 Å². The molecule has 0 N–H and O–H groups in total. The molecule has 1 aliphatic rings. The highest BCUT2D eigenvalue weighted by Gasteiger charge is 2.59. The summed E-state index contributed by atoms with van der Waals surface area (Å²) in [5.41, 5.74) is -1.04. The van der Waals surface area contributed by atoms with E-state index in [0.29, 0.717) is 18.8 Å². The van der Waals surface area contributed by atoms with Gasteiger partial charge in [0.15, 0.2) is 0 Å². The van der Waals surface area contributed by atoms with E-state index in [0.717, 1.165) is 12.1 Å². The van der Waals surface area contributed by atoms with E-state index in [1.807, 2.05) is 0 Å². The third-order valence-corrected chi connectivity index (χ3v) is 4.40. The minimum Gasteiger partial charge on any atom is -0.266 e. The summed E-state index contributed by atoms with van der Waals surface area (Å²) < 4.78 is 83.2. The number of hydrogen-bond donors (Lipinski definition) is 0. The number of amides is 2. The highest BCUT2D eigenvalue weighted by molar-refractivity contribution is 7.86. The van der Waals surface area contributed by atoms with Crippen molar-refractivity contribution in [2.45, 2.75) is 5.79 Å². The first-order valence-corrected chi connectivity index (χ1v) is 12.2. The van der Waals surface area contributed by atoms with E-state index >= 15 is 0 Å². The van der Waals surface area contributed by atoms with Gasteiger partial charge < -0.3 is 0 Å². The highest BCUT2D eigenvalue weighted by atomic mass is 32.2. The van der Waals surface area contributed by atoms with Crippen LogP contribution in [0.3, 0.4) is 0 Å². The number of hydrogen-bond acceptors (Lipinski definition) is 11. The third-order valence-electron chi connectivity index (χ3n) is 2.91. The second-order valence-corrected chi connectivity index (χ2v) is 10.1. The zero-order valence-corrected chi connectivity index (χ0v) is 16.4. The number of carbonyl (C=O) groups excluding carboxylic acids is 2. The molecule has 15 heteroatoms. The number of hydroxylamine groups is 2. The summed E-state index contributed by atoms with van der Waals surface area (Å²) in [6, 6.07) is 4.61. The smallest absolute Gasteiger partial charge is 0.266 e. The minimum absolute atomic E-state index is 0.339. The Hall–Kier alpha value is -1.91. The van der Waals surface area contributed by atoms with Crippen LogP contribution < -0.4 is 0 Å². The van der Waals surface area contributed by atoms with Crippen molar-refractivity contribution in [2.24, 2.45) is 0 Å². The van der Waals surface area contributed by atoms with Gasteiger partial charge in [0, 0.05) is 5.56 Å². The molecule has 12 nitrogen and oxygen atoms in total. The summed E-state index contributed by atoms with van der Waals surface area (Å²) in [6.45, 7) is 0. The fourth-order valence-electron chi connectivity index (χ4n) is 2.21. The lowest BCUT2D eigenvalue weighted by Gasteiger charge is -2.37. The molecule has 150 valence electrons. The molecule has 1 aliphatic heterocycles. The molecule has 2 amide bonds. The van der Waals surface area contributed by atoms with Gasteiger partial charge in [0.25, 0.3) is 36.3 Å². The Balaban J connectivity index is 2.87. The first-order chi connectivity index (χ1) is 12.1. The molecule has 0 saturated heterocycles. The number of nitrogens with zero attached hydrogens (tertiary/aromatic N) is 1. The van der Waals surface area contributed by atoms with Gasteiger partial charge in [0.2, 0.25) is 0 Å². The van der Waals surface area contributed by atoms with Crippen LogP contribution in [0.1, 0.15) is 15.9 Å². The van der Waals surface area contributed by atoms with Crippen LogP contribution >= 0.6 is 0 Å². The maximum atomic E-state index is 12.8. The van der Waals surface area contributed by atoms with Gasteiger partial charge in [0.05, 0.1) is 24.3 Å². The number of fused-ring (bicyclic) bond motifs is 1. The fraction of sp³-hybridized carbons (Fsp3) is 0.333. The summed E-state index contributed by atoms with van der Waals surface area (Å²) in [6.07, 6.45) is 1.49. The standard InChI is InChI=1S/C12H13NO11S3/c1-25(16,17)22-12(23-26(2,18)19)9-7-5-4-6-8(9)10(14)13(11(12)15)24-27(3,20)21/h4-7H,1-3H3. The van der Waals surface area contributed by atoms with Crippen LogP contribution in [-0.2, 0) is 53.6 Å². The molecule has 0 spiro atoms. The number of benzene rings is 1. The molecule has 1 aromatic carbocycles. The fourth-order valence-corrected chi connectivity index (χ4v) is 3.90. The zero-order valence-electron chi connectivity index (χ0n) is 14.0. The molecule has 0 aliphatic carbocycles. The second kappa shape index (κ2) is 6.61. The van der Waals surface area contributed by atoms with Gasteiger partial charge in [-0.25, -0.2) is 8.37 Å². The topological polar surface area (TPSA) is 167 Å². The molecule has 0 unspecified atom stereocenters. The van der Waals surface area contributed by atoms with Crippen LogP contribution in [0, 0.1) is 0 Å². The van der Waals surface area contributed by atoms with Crippen molar-refractivity contribution in [2.75, 3.05) is 18.8 Å². The Labute approximate surface area is 154 Å². The van der Waals surface area contributed by atoms with Crippen molar-refractivity contribution < 1.29 is 47.5 Å². The number of rotatable bonds is 6. The van der Waals surface area contributed by atoms with Crippen LogP contribution in [0.25, 0.3) is 0 Å². The Morgan fingerprint density at radius 2 is 1.30 bits per heavy atom. The van der Waals surface area contributed by atoms with Crippen molar-refractivity contribution in [3.8, 4) is 0 Å². The number of carbonyl (C=O) groups is 2. The normalized spacial score (nSPS) is 17.7. The van der Waals surface area contributed by atoms with E-state index in [-0.39, 0.29) is 5.06 Å². The van der Waals surface area contributed by atoms with Crippen LogP contribution in [0.5, 0.6) is 0 Å². The summed E-state index contributed by atoms with van der Waals surface area (Å²) >= 11 is 0. The van der Waals surface area contributed by atoms with Crippen LogP contribution in [-0.4, -0.2) is 60.9 Å². The van der Waals surface area contributed by atoms with Gasteiger partial charge in [-0.15, -0.1) is 9.35 Å². The van der Waals surface area contributed by atoms with E-state index < -0.39 is 59.1 Å². The van der Waals surface area contributed by atoms with E-state index in [9.17, 15) is 34.8 Å². The van der Waals surface area contributed by atoms with Crippen molar-refractivity contribution >= 4 is 42.2 Å². The molecular weight excluding hydrogens is 430 g/mol. The van der Waals surface area contributed by atoms with Gasteiger partial charge in [-0.3, -0.25) is 9.59 Å². The Kier molecular flexibility index (Phi) is 5.23. The molecule has 1 aromatic rings. The SMILES string of the molecule is CS(=O)(=O)ON1C(=O)c2ccccc2C(OS(C)(=O)=O)(OS(C)(=O)=O)C1=O. The van der Waals surface area contributed by atoms with Crippen LogP contribution in [0.4, 0.5) is 0 Å². The first-order valence-electron chi connectivity index (χ1n) is 6.75. The molecule has 0 aromatic heterocycles. The largest absolute Gasteiger partial charge is 0.322 e. The quantitative estimate of drug-likeness (QED) is 0.290. The lowest BCUT2D eigenvalue weighted by atomic mass is 9.94. The van der Waals surface area contributed by atoms with Gasteiger partial charge in [-0.05, 0) is 6.07 Å². The average Bonchev–Trinajstić information content (AvgIpc) is 2.45. The van der Waals surface area contributed by atoms with Crippen molar-refractivity contribution in [3.05, 3.63) is 35.4 Å². The Morgan fingerprint density at radius 3 is 1.74 bits per heavy atom. The lowest BCUT2D eigenvalue weighted by molar-refractivity contribution is -0.197. The molecular formula is C12H13NO11S3. The minimum atomic E-state index is -4.57. The lowest BCUT2D eigenvalue weighted by Crippen LogP contribution is -2.58. The van der Waals surface area contributed by atoms with Gasteiger partial charge in [-0.1, -0.05) is 18.2 Å². The molecule has 0 fully saturated rings. The maximum Gasteiger partial charge on any atom is 0.322 e. The predicted octanol–water partition coefficient (Wildman–Crippen LogP) is -1.33. The van der Waals surface area contributed by atoms with Crippen molar-refractivity contribution in [1.29, 1.82) is 0 Å². The second-order valence-electron chi connectivity index (χ2n) is 5.42.